The number of terminal acetylenes is 1. The van der Waals surface area contributed by atoms with Crippen molar-refractivity contribution in [3.05, 3.63) is 41.6 Å². The molecule has 0 bridgehead atoms. The molecule has 1 aliphatic rings. The summed E-state index contributed by atoms with van der Waals surface area (Å²) in [6.07, 6.45) is 9.41. The normalized spacial score (nSPS) is 21.7. The van der Waals surface area contributed by atoms with Crippen molar-refractivity contribution in [2.45, 2.75) is 45.6 Å². The van der Waals surface area contributed by atoms with Crippen molar-refractivity contribution in [3.63, 3.8) is 0 Å². The lowest BCUT2D eigenvalue weighted by Crippen LogP contribution is -2.23. The fraction of sp³-hybridized carbons (Fsp3) is 0.389. The van der Waals surface area contributed by atoms with Crippen molar-refractivity contribution >= 4 is 11.4 Å². The van der Waals surface area contributed by atoms with E-state index in [2.05, 4.69) is 35.3 Å². The highest BCUT2D eigenvalue weighted by molar-refractivity contribution is 6.01. The van der Waals surface area contributed by atoms with Gasteiger partial charge in [-0.2, -0.15) is 0 Å². The zero-order chi connectivity index (χ0) is 14.5. The van der Waals surface area contributed by atoms with E-state index >= 15 is 0 Å². The second-order valence-electron chi connectivity index (χ2n) is 5.05. The van der Waals surface area contributed by atoms with Crippen LogP contribution >= 0.6 is 0 Å². The average Bonchev–Trinajstić information content (AvgIpc) is 2.83. The van der Waals surface area contributed by atoms with Crippen LogP contribution in [0.5, 0.6) is 0 Å². The monoisotopic (exact) mass is 264 g/mol. The zero-order valence-electron chi connectivity index (χ0n) is 12.3. The Balaban J connectivity index is 2.19. The van der Waals surface area contributed by atoms with Gasteiger partial charge in [-0.3, -0.25) is 0 Å². The molecule has 0 amide bonds. The number of hydrogen-bond donors (Lipinski definition) is 1. The third-order valence-corrected chi connectivity index (χ3v) is 3.81. The van der Waals surface area contributed by atoms with Crippen molar-refractivity contribution in [2.24, 2.45) is 4.99 Å². The van der Waals surface area contributed by atoms with Gasteiger partial charge in [0.15, 0.2) is 0 Å². The first-order valence-electron chi connectivity index (χ1n) is 7.04. The molecule has 1 heterocycles. The summed E-state index contributed by atoms with van der Waals surface area (Å²) in [6.45, 7) is 6.14. The molecule has 1 aliphatic heterocycles. The van der Waals surface area contributed by atoms with Crippen molar-refractivity contribution in [1.82, 2.24) is 0 Å². The van der Waals surface area contributed by atoms with Gasteiger partial charge in [-0.15, -0.1) is 6.42 Å². The van der Waals surface area contributed by atoms with Crippen molar-refractivity contribution in [2.75, 3.05) is 5.32 Å². The summed E-state index contributed by atoms with van der Waals surface area (Å²) in [4.78, 5) is 4.49. The molecule has 0 saturated heterocycles. The van der Waals surface area contributed by atoms with E-state index in [-0.39, 0.29) is 0 Å². The van der Waals surface area contributed by atoms with Gasteiger partial charge in [-0.1, -0.05) is 31.1 Å². The lowest BCUT2D eigenvalue weighted by molar-refractivity contribution is 0.591. The number of allylic oxidation sites excluding steroid dienone is 2. The molecule has 2 unspecified atom stereocenters. The van der Waals surface area contributed by atoms with E-state index in [4.69, 9.17) is 6.42 Å². The van der Waals surface area contributed by atoms with Gasteiger partial charge in [-0.25, -0.2) is 4.99 Å². The van der Waals surface area contributed by atoms with Crippen LogP contribution < -0.4 is 5.32 Å². The van der Waals surface area contributed by atoms with E-state index in [1.165, 1.54) is 5.56 Å². The van der Waals surface area contributed by atoms with E-state index in [1.54, 1.807) is 0 Å². The first kappa shape index (κ1) is 14.2. The largest absolute Gasteiger partial charge is 0.381 e. The molecular formula is C18H20N2. The van der Waals surface area contributed by atoms with Crippen LogP contribution in [0, 0.1) is 24.5 Å². The summed E-state index contributed by atoms with van der Waals surface area (Å²) in [5.41, 5.74) is 4.23. The minimum atomic E-state index is 0.304. The fourth-order valence-electron chi connectivity index (χ4n) is 2.66. The minimum Gasteiger partial charge on any atom is -0.381 e. The molecule has 1 aromatic rings. The van der Waals surface area contributed by atoms with Crippen LogP contribution in [0.1, 0.15) is 45.1 Å². The fourth-order valence-corrected chi connectivity index (χ4v) is 2.66. The van der Waals surface area contributed by atoms with Gasteiger partial charge >= 0.3 is 0 Å². The predicted octanol–water partition coefficient (Wildman–Crippen LogP) is 3.96. The number of hydrogen-bond acceptors (Lipinski definition) is 2. The van der Waals surface area contributed by atoms with Gasteiger partial charge in [-0.05, 0) is 31.9 Å². The number of rotatable bonds is 4. The summed E-state index contributed by atoms with van der Waals surface area (Å²) >= 11 is 0. The Morgan fingerprint density at radius 2 is 2.25 bits per heavy atom. The van der Waals surface area contributed by atoms with Crippen molar-refractivity contribution in [3.8, 4) is 12.3 Å². The molecule has 0 radical (unpaired) electrons. The third kappa shape index (κ3) is 2.86. The van der Waals surface area contributed by atoms with Gasteiger partial charge in [0.05, 0.1) is 5.71 Å². The number of nitrogens with one attached hydrogen (secondary N) is 1. The molecule has 0 fully saturated rings. The molecule has 2 nitrogen and oxygen atoms in total. The standard InChI is InChI=1S/C18H20N2/c1-5-13(4)19-14(6-2)12-18-15(7-3)16-10-8-9-11-17(16)20-18/h2,5,10-11,15,18,20H,7,12H2,1,3-4H3/b13-5-,19-14?. The maximum atomic E-state index is 5.60. The van der Waals surface area contributed by atoms with Gasteiger partial charge in [0.1, 0.15) is 0 Å². The lowest BCUT2D eigenvalue weighted by atomic mass is 9.90. The summed E-state index contributed by atoms with van der Waals surface area (Å²) < 4.78 is 0. The smallest absolute Gasteiger partial charge is 0.0920 e. The number of anilines is 1. The number of aliphatic imine (C=N–C) groups is 1. The molecule has 0 aliphatic carbocycles. The second kappa shape index (κ2) is 6.31. The van der Waals surface area contributed by atoms with E-state index < -0.39 is 0 Å². The summed E-state index contributed by atoms with van der Waals surface area (Å²) in [6, 6.07) is 10.3. The topological polar surface area (TPSA) is 24.4 Å². The summed E-state index contributed by atoms with van der Waals surface area (Å²) in [5, 5.41) is 3.54. The molecule has 1 N–H and O–H groups in total. The molecular weight excluding hydrogens is 244 g/mol. The van der Waals surface area contributed by atoms with Crippen LogP contribution in [0.2, 0.25) is 0 Å². The molecule has 20 heavy (non-hydrogen) atoms. The first-order valence-corrected chi connectivity index (χ1v) is 7.04. The third-order valence-electron chi connectivity index (χ3n) is 3.81. The summed E-state index contributed by atoms with van der Waals surface area (Å²) in [7, 11) is 0. The average molecular weight is 264 g/mol. The first-order chi connectivity index (χ1) is 9.69. The molecule has 2 atom stereocenters. The second-order valence-corrected chi connectivity index (χ2v) is 5.05. The van der Waals surface area contributed by atoms with E-state index in [0.717, 1.165) is 29.9 Å². The quantitative estimate of drug-likeness (QED) is 0.646. The molecule has 0 spiro atoms. The SMILES string of the molecule is C#CC(CC1Nc2cc#ccc2C1CC)=N/C(C)=C\C. The van der Waals surface area contributed by atoms with E-state index in [0.29, 0.717) is 12.0 Å². The highest BCUT2D eigenvalue weighted by Crippen LogP contribution is 2.38. The maximum Gasteiger partial charge on any atom is 0.0920 e. The Kier molecular flexibility index (Phi) is 4.49. The van der Waals surface area contributed by atoms with Crippen LogP contribution in [0.4, 0.5) is 5.69 Å². The lowest BCUT2D eigenvalue weighted by Gasteiger charge is -2.18. The molecule has 2 rings (SSSR count). The highest BCUT2D eigenvalue weighted by Gasteiger charge is 2.31. The summed E-state index contributed by atoms with van der Waals surface area (Å²) in [5.74, 6) is 3.18. The van der Waals surface area contributed by atoms with Crippen LogP contribution in [0.25, 0.3) is 0 Å². The van der Waals surface area contributed by atoms with Gasteiger partial charge < -0.3 is 5.32 Å². The Morgan fingerprint density at radius 3 is 2.90 bits per heavy atom. The zero-order valence-corrected chi connectivity index (χ0v) is 12.3. The Bertz CT molecular complexity index is 575. The maximum absolute atomic E-state index is 5.60. The number of nitrogens with zero attached hydrogens (tertiary/aromatic N) is 1. The van der Waals surface area contributed by atoms with Crippen LogP contribution in [-0.2, 0) is 0 Å². The minimum absolute atomic E-state index is 0.304. The molecule has 0 saturated carbocycles. The Morgan fingerprint density at radius 1 is 1.50 bits per heavy atom. The van der Waals surface area contributed by atoms with Gasteiger partial charge in [0, 0.05) is 35.8 Å². The highest BCUT2D eigenvalue weighted by atomic mass is 15.0. The molecule has 102 valence electrons. The molecule has 1 aromatic carbocycles. The van der Waals surface area contributed by atoms with Gasteiger partial charge in [0.2, 0.25) is 0 Å². The van der Waals surface area contributed by atoms with Crippen molar-refractivity contribution in [1.29, 1.82) is 0 Å². The van der Waals surface area contributed by atoms with E-state index in [1.807, 2.05) is 32.1 Å². The molecule has 0 aromatic heterocycles. The number of fused-ring (bicyclic) bond motifs is 1. The van der Waals surface area contributed by atoms with Gasteiger partial charge in [0.25, 0.3) is 0 Å². The van der Waals surface area contributed by atoms with Crippen molar-refractivity contribution < 1.29 is 0 Å². The molecule has 2 heteroatoms. The van der Waals surface area contributed by atoms with Crippen LogP contribution in [0.3, 0.4) is 0 Å². The predicted molar refractivity (Wildman–Crippen MR) is 84.9 cm³/mol. The Labute approximate surface area is 122 Å². The van der Waals surface area contributed by atoms with Crippen LogP contribution in [0.15, 0.2) is 28.9 Å². The van der Waals surface area contributed by atoms with E-state index in [9.17, 15) is 0 Å². The van der Waals surface area contributed by atoms with Crippen LogP contribution in [-0.4, -0.2) is 11.8 Å². The Hall–Kier alpha value is -2.19.